The third kappa shape index (κ3) is 5.97. The predicted octanol–water partition coefficient (Wildman–Crippen LogP) is 5.95. The Morgan fingerprint density at radius 1 is 0.875 bits per heavy atom. The number of hydrogen-bond acceptors (Lipinski definition) is 3. The van der Waals surface area contributed by atoms with Crippen molar-refractivity contribution in [3.63, 3.8) is 0 Å². The van der Waals surface area contributed by atoms with E-state index in [0.29, 0.717) is 22.7 Å². The van der Waals surface area contributed by atoms with Gasteiger partial charge in [0.25, 0.3) is 11.8 Å². The van der Waals surface area contributed by atoms with Gasteiger partial charge in [-0.1, -0.05) is 51.1 Å². The average molecular weight is 431 g/mol. The zero-order chi connectivity index (χ0) is 23.3. The van der Waals surface area contributed by atoms with E-state index in [0.717, 1.165) is 5.56 Å². The van der Waals surface area contributed by atoms with Gasteiger partial charge >= 0.3 is 0 Å². The Morgan fingerprint density at radius 3 is 2.12 bits per heavy atom. The number of rotatable bonds is 6. The van der Waals surface area contributed by atoms with E-state index in [1.807, 2.05) is 55.5 Å². The van der Waals surface area contributed by atoms with Crippen molar-refractivity contribution in [1.82, 2.24) is 0 Å². The van der Waals surface area contributed by atoms with Crippen LogP contribution in [0.4, 0.5) is 11.4 Å². The fourth-order valence-corrected chi connectivity index (χ4v) is 3.20. The molecule has 32 heavy (non-hydrogen) atoms. The normalized spacial score (nSPS) is 12.0. The van der Waals surface area contributed by atoms with Gasteiger partial charge in [0.1, 0.15) is 5.75 Å². The van der Waals surface area contributed by atoms with E-state index < -0.39 is 6.10 Å². The summed E-state index contributed by atoms with van der Waals surface area (Å²) >= 11 is 0. The summed E-state index contributed by atoms with van der Waals surface area (Å²) in [4.78, 5) is 25.0. The number of amides is 2. The molecule has 0 radical (unpaired) electrons. The number of carbonyl (C=O) groups excluding carboxylic acids is 2. The first kappa shape index (κ1) is 23.1. The molecule has 0 saturated carbocycles. The van der Waals surface area contributed by atoms with Gasteiger partial charge in [0, 0.05) is 16.9 Å². The van der Waals surface area contributed by atoms with E-state index in [-0.39, 0.29) is 17.2 Å². The summed E-state index contributed by atoms with van der Waals surface area (Å²) in [7, 11) is 0. The summed E-state index contributed by atoms with van der Waals surface area (Å²) in [5.41, 5.74) is 4.04. The average Bonchev–Trinajstić information content (AvgIpc) is 2.76. The lowest BCUT2D eigenvalue weighted by Crippen LogP contribution is -2.30. The van der Waals surface area contributed by atoms with Gasteiger partial charge in [-0.2, -0.15) is 0 Å². The predicted molar refractivity (Wildman–Crippen MR) is 129 cm³/mol. The number of hydrogen-bond donors (Lipinski definition) is 2. The van der Waals surface area contributed by atoms with Crippen LogP contribution in [0.25, 0.3) is 0 Å². The van der Waals surface area contributed by atoms with Crippen LogP contribution in [0, 0.1) is 6.92 Å². The van der Waals surface area contributed by atoms with Gasteiger partial charge in [0.2, 0.25) is 0 Å². The molecule has 0 aliphatic carbocycles. The number of aryl methyl sites for hydroxylation is 1. The zero-order valence-electron chi connectivity index (χ0n) is 19.2. The molecular formula is C27H30N2O3. The lowest BCUT2D eigenvalue weighted by atomic mass is 9.87. The third-order valence-corrected chi connectivity index (χ3v) is 5.18. The molecule has 166 valence electrons. The second-order valence-electron chi connectivity index (χ2n) is 8.87. The zero-order valence-corrected chi connectivity index (χ0v) is 19.2. The van der Waals surface area contributed by atoms with Crippen LogP contribution in [-0.4, -0.2) is 17.9 Å². The number of benzene rings is 3. The molecule has 0 spiro atoms. The smallest absolute Gasteiger partial charge is 0.265 e. The van der Waals surface area contributed by atoms with E-state index in [1.165, 1.54) is 5.56 Å². The van der Waals surface area contributed by atoms with Crippen molar-refractivity contribution in [2.75, 3.05) is 10.6 Å². The topological polar surface area (TPSA) is 67.4 Å². The van der Waals surface area contributed by atoms with Gasteiger partial charge in [0.15, 0.2) is 6.10 Å². The van der Waals surface area contributed by atoms with Crippen LogP contribution in [-0.2, 0) is 10.2 Å². The van der Waals surface area contributed by atoms with E-state index in [9.17, 15) is 9.59 Å². The largest absolute Gasteiger partial charge is 0.481 e. The van der Waals surface area contributed by atoms with Gasteiger partial charge in [-0.05, 0) is 72.9 Å². The maximum atomic E-state index is 12.6. The van der Waals surface area contributed by atoms with Gasteiger partial charge in [-0.25, -0.2) is 0 Å². The molecule has 0 bridgehead atoms. The first-order valence-electron chi connectivity index (χ1n) is 10.7. The van der Waals surface area contributed by atoms with Gasteiger partial charge in [-0.15, -0.1) is 0 Å². The van der Waals surface area contributed by atoms with Crippen LogP contribution in [0.15, 0.2) is 72.8 Å². The molecule has 5 heteroatoms. The Morgan fingerprint density at radius 2 is 1.53 bits per heavy atom. The van der Waals surface area contributed by atoms with Gasteiger partial charge in [0.05, 0.1) is 0 Å². The van der Waals surface area contributed by atoms with Crippen molar-refractivity contribution >= 4 is 23.2 Å². The molecule has 1 unspecified atom stereocenters. The summed E-state index contributed by atoms with van der Waals surface area (Å²) in [6, 6.07) is 22.2. The van der Waals surface area contributed by atoms with Crippen LogP contribution in [0.5, 0.6) is 5.75 Å². The Labute approximate surface area is 189 Å². The molecule has 0 heterocycles. The molecule has 0 aliphatic heterocycles. The van der Waals surface area contributed by atoms with Crippen LogP contribution in [0.1, 0.15) is 49.2 Å². The van der Waals surface area contributed by atoms with Crippen molar-refractivity contribution in [2.45, 2.75) is 46.1 Å². The molecule has 1 atom stereocenters. The second-order valence-corrected chi connectivity index (χ2v) is 8.87. The molecule has 2 N–H and O–H groups in total. The fourth-order valence-electron chi connectivity index (χ4n) is 3.20. The Balaban J connectivity index is 1.59. The Hall–Kier alpha value is -3.60. The molecule has 2 amide bonds. The van der Waals surface area contributed by atoms with Crippen LogP contribution >= 0.6 is 0 Å². The lowest BCUT2D eigenvalue weighted by Gasteiger charge is -2.20. The summed E-state index contributed by atoms with van der Waals surface area (Å²) in [5.74, 6) is 0.228. The first-order chi connectivity index (χ1) is 15.1. The van der Waals surface area contributed by atoms with Crippen molar-refractivity contribution in [2.24, 2.45) is 0 Å². The highest BCUT2D eigenvalue weighted by Gasteiger charge is 2.17. The first-order valence-corrected chi connectivity index (χ1v) is 10.7. The highest BCUT2D eigenvalue weighted by atomic mass is 16.5. The standard InChI is InChI=1S/C27H30N2O3/c1-18-17-22(13-16-24(18)29-26(31)20-9-7-6-8-10-20)28-25(30)19(2)32-23-14-11-21(12-15-23)27(3,4)5/h6-17,19H,1-5H3,(H,28,30)(H,29,31). The quantitative estimate of drug-likeness (QED) is 0.508. The molecular weight excluding hydrogens is 400 g/mol. The molecule has 0 fully saturated rings. The Bertz CT molecular complexity index is 1080. The monoisotopic (exact) mass is 430 g/mol. The maximum absolute atomic E-state index is 12.6. The second kappa shape index (κ2) is 9.69. The third-order valence-electron chi connectivity index (χ3n) is 5.18. The minimum Gasteiger partial charge on any atom is -0.481 e. The molecule has 3 aromatic rings. The molecule has 0 saturated heterocycles. The van der Waals surface area contributed by atoms with Gasteiger partial charge in [-0.3, -0.25) is 9.59 Å². The number of carbonyl (C=O) groups is 2. The highest BCUT2D eigenvalue weighted by molar-refractivity contribution is 6.04. The van der Waals surface area contributed by atoms with Crippen molar-refractivity contribution in [3.8, 4) is 5.75 Å². The van der Waals surface area contributed by atoms with Crippen molar-refractivity contribution < 1.29 is 14.3 Å². The number of nitrogens with one attached hydrogen (secondary N) is 2. The van der Waals surface area contributed by atoms with E-state index >= 15 is 0 Å². The highest BCUT2D eigenvalue weighted by Crippen LogP contribution is 2.25. The van der Waals surface area contributed by atoms with Crippen molar-refractivity contribution in [1.29, 1.82) is 0 Å². The SMILES string of the molecule is Cc1cc(NC(=O)C(C)Oc2ccc(C(C)(C)C)cc2)ccc1NC(=O)c1ccccc1. The summed E-state index contributed by atoms with van der Waals surface area (Å²) in [6.07, 6.45) is -0.659. The summed E-state index contributed by atoms with van der Waals surface area (Å²) in [5, 5.41) is 5.78. The Kier molecular flexibility index (Phi) is 6.98. The lowest BCUT2D eigenvalue weighted by molar-refractivity contribution is -0.122. The van der Waals surface area contributed by atoms with E-state index in [1.54, 1.807) is 31.2 Å². The molecule has 3 aromatic carbocycles. The minimum atomic E-state index is -0.659. The number of ether oxygens (including phenoxy) is 1. The fraction of sp³-hybridized carbons (Fsp3) is 0.259. The minimum absolute atomic E-state index is 0.0616. The summed E-state index contributed by atoms with van der Waals surface area (Å²) < 4.78 is 5.80. The molecule has 5 nitrogen and oxygen atoms in total. The van der Waals surface area contributed by atoms with Crippen LogP contribution in [0.2, 0.25) is 0 Å². The van der Waals surface area contributed by atoms with Crippen LogP contribution < -0.4 is 15.4 Å². The van der Waals surface area contributed by atoms with Crippen molar-refractivity contribution in [3.05, 3.63) is 89.5 Å². The molecule has 0 aliphatic rings. The van der Waals surface area contributed by atoms with E-state index in [4.69, 9.17) is 4.74 Å². The summed E-state index contributed by atoms with van der Waals surface area (Å²) in [6.45, 7) is 10.1. The van der Waals surface area contributed by atoms with Crippen LogP contribution in [0.3, 0.4) is 0 Å². The molecule has 3 rings (SSSR count). The van der Waals surface area contributed by atoms with E-state index in [2.05, 4.69) is 31.4 Å². The maximum Gasteiger partial charge on any atom is 0.265 e. The number of anilines is 2. The molecule has 0 aromatic heterocycles. The van der Waals surface area contributed by atoms with Gasteiger partial charge < -0.3 is 15.4 Å².